The van der Waals surface area contributed by atoms with Crippen LogP contribution in [-0.4, -0.2) is 65.5 Å². The lowest BCUT2D eigenvalue weighted by atomic mass is 9.77. The molecule has 2 aromatic rings. The van der Waals surface area contributed by atoms with Crippen molar-refractivity contribution in [3.8, 4) is 0 Å². The van der Waals surface area contributed by atoms with Crippen molar-refractivity contribution in [2.24, 2.45) is 11.3 Å². The molecule has 2 atom stereocenters. The van der Waals surface area contributed by atoms with Crippen molar-refractivity contribution in [2.45, 2.75) is 20.0 Å². The van der Waals surface area contributed by atoms with E-state index < -0.39 is 0 Å². The SMILES string of the molecule is Cc1nc(C(=O)N2CC[C@@]3(CN(C)C[C@@H]3COCc3ccccn3)C2)cs1. The molecule has 2 aliphatic heterocycles. The first-order chi connectivity index (χ1) is 13.1. The Bertz CT molecular complexity index is 796. The Kier molecular flexibility index (Phi) is 5.25. The highest BCUT2D eigenvalue weighted by Crippen LogP contribution is 2.44. The third-order valence-electron chi connectivity index (χ3n) is 5.79. The normalized spacial score (nSPS) is 25.6. The number of amides is 1. The lowest BCUT2D eigenvalue weighted by Crippen LogP contribution is -2.38. The van der Waals surface area contributed by atoms with Gasteiger partial charge in [0.15, 0.2) is 0 Å². The highest BCUT2D eigenvalue weighted by molar-refractivity contribution is 7.09. The van der Waals surface area contributed by atoms with Crippen molar-refractivity contribution in [1.82, 2.24) is 19.8 Å². The predicted molar refractivity (Wildman–Crippen MR) is 105 cm³/mol. The van der Waals surface area contributed by atoms with Crippen LogP contribution in [0.25, 0.3) is 0 Å². The van der Waals surface area contributed by atoms with Gasteiger partial charge in [-0.3, -0.25) is 9.78 Å². The van der Waals surface area contributed by atoms with E-state index in [1.54, 1.807) is 6.20 Å². The second-order valence-corrected chi connectivity index (χ2v) is 8.88. The van der Waals surface area contributed by atoms with Crippen molar-refractivity contribution in [3.63, 3.8) is 0 Å². The van der Waals surface area contributed by atoms with Gasteiger partial charge in [-0.05, 0) is 32.5 Å². The smallest absolute Gasteiger partial charge is 0.273 e. The molecule has 2 fully saturated rings. The van der Waals surface area contributed by atoms with E-state index in [2.05, 4.69) is 21.9 Å². The minimum Gasteiger partial charge on any atom is -0.375 e. The zero-order valence-electron chi connectivity index (χ0n) is 15.9. The summed E-state index contributed by atoms with van der Waals surface area (Å²) in [5.74, 6) is 0.500. The summed E-state index contributed by atoms with van der Waals surface area (Å²) < 4.78 is 6.02. The summed E-state index contributed by atoms with van der Waals surface area (Å²) in [6.07, 6.45) is 2.83. The average molecular weight is 387 g/mol. The van der Waals surface area contributed by atoms with Gasteiger partial charge in [0, 0.05) is 49.1 Å². The molecule has 7 heteroatoms. The number of hydrogen-bond acceptors (Lipinski definition) is 6. The maximum Gasteiger partial charge on any atom is 0.273 e. The third kappa shape index (κ3) is 3.90. The van der Waals surface area contributed by atoms with Gasteiger partial charge in [0.2, 0.25) is 0 Å². The number of hydrogen-bond donors (Lipinski definition) is 0. The monoisotopic (exact) mass is 386 g/mol. The number of carbonyl (C=O) groups excluding carboxylic acids is 1. The molecule has 0 bridgehead atoms. The van der Waals surface area contributed by atoms with Crippen molar-refractivity contribution in [1.29, 1.82) is 0 Å². The Morgan fingerprint density at radius 3 is 3.04 bits per heavy atom. The van der Waals surface area contributed by atoms with Crippen molar-refractivity contribution >= 4 is 17.2 Å². The van der Waals surface area contributed by atoms with Crippen molar-refractivity contribution in [3.05, 3.63) is 46.2 Å². The molecule has 4 heterocycles. The topological polar surface area (TPSA) is 58.6 Å². The lowest BCUT2D eigenvalue weighted by molar-refractivity contribution is 0.0482. The Morgan fingerprint density at radius 2 is 2.30 bits per heavy atom. The first kappa shape index (κ1) is 18.5. The fourth-order valence-corrected chi connectivity index (χ4v) is 5.06. The number of carbonyl (C=O) groups is 1. The van der Waals surface area contributed by atoms with E-state index in [0.717, 1.165) is 43.3 Å². The number of likely N-dealkylation sites (tertiary alicyclic amines) is 2. The van der Waals surface area contributed by atoms with Gasteiger partial charge in [0.1, 0.15) is 5.69 Å². The molecule has 1 amide bonds. The molecule has 0 N–H and O–H groups in total. The Morgan fingerprint density at radius 1 is 1.41 bits per heavy atom. The first-order valence-electron chi connectivity index (χ1n) is 9.43. The van der Waals surface area contributed by atoms with Crippen molar-refractivity contribution < 1.29 is 9.53 Å². The number of aromatic nitrogens is 2. The van der Waals surface area contributed by atoms with Crippen molar-refractivity contribution in [2.75, 3.05) is 39.8 Å². The molecule has 0 radical (unpaired) electrons. The average Bonchev–Trinajstić information content (AvgIpc) is 3.36. The maximum absolute atomic E-state index is 12.8. The molecule has 27 heavy (non-hydrogen) atoms. The molecular formula is C20H26N4O2S. The van der Waals surface area contributed by atoms with Crippen LogP contribution in [0.15, 0.2) is 29.8 Å². The maximum atomic E-state index is 12.8. The van der Waals surface area contributed by atoms with E-state index in [1.165, 1.54) is 11.3 Å². The fraction of sp³-hybridized carbons (Fsp3) is 0.550. The molecule has 0 unspecified atom stereocenters. The summed E-state index contributed by atoms with van der Waals surface area (Å²) in [4.78, 5) is 25.9. The summed E-state index contributed by atoms with van der Waals surface area (Å²) in [5.41, 5.74) is 1.67. The highest BCUT2D eigenvalue weighted by Gasteiger charge is 2.50. The van der Waals surface area contributed by atoms with Gasteiger partial charge < -0.3 is 14.5 Å². The van der Waals surface area contributed by atoms with Gasteiger partial charge >= 0.3 is 0 Å². The number of ether oxygens (including phenoxy) is 1. The third-order valence-corrected chi connectivity index (χ3v) is 6.56. The van der Waals surface area contributed by atoms with Crippen LogP contribution in [0.2, 0.25) is 0 Å². The van der Waals surface area contributed by atoms with E-state index in [0.29, 0.717) is 24.8 Å². The molecule has 1 spiro atoms. The highest BCUT2D eigenvalue weighted by atomic mass is 32.1. The van der Waals surface area contributed by atoms with Crippen LogP contribution in [0, 0.1) is 18.3 Å². The molecule has 2 saturated heterocycles. The second-order valence-electron chi connectivity index (χ2n) is 7.82. The van der Waals surface area contributed by atoms with Crippen LogP contribution in [-0.2, 0) is 11.3 Å². The van der Waals surface area contributed by atoms with Gasteiger partial charge in [0.25, 0.3) is 5.91 Å². The molecule has 4 rings (SSSR count). The summed E-state index contributed by atoms with van der Waals surface area (Å²) in [6, 6.07) is 5.89. The lowest BCUT2D eigenvalue weighted by Gasteiger charge is -2.30. The molecule has 144 valence electrons. The fourth-order valence-electron chi connectivity index (χ4n) is 4.47. The number of pyridine rings is 1. The largest absolute Gasteiger partial charge is 0.375 e. The Hall–Kier alpha value is -1.83. The minimum absolute atomic E-state index is 0.0685. The van der Waals surface area contributed by atoms with Crippen LogP contribution in [0.1, 0.15) is 27.6 Å². The molecule has 2 aromatic heterocycles. The summed E-state index contributed by atoms with van der Waals surface area (Å²) in [7, 11) is 2.16. The van der Waals surface area contributed by atoms with Crippen LogP contribution in [0.3, 0.4) is 0 Å². The summed E-state index contributed by atoms with van der Waals surface area (Å²) in [6.45, 7) is 6.82. The number of thiazole rings is 1. The molecule has 6 nitrogen and oxygen atoms in total. The number of aryl methyl sites for hydroxylation is 1. The first-order valence-corrected chi connectivity index (χ1v) is 10.3. The molecule has 0 aromatic carbocycles. The van der Waals surface area contributed by atoms with Crippen LogP contribution >= 0.6 is 11.3 Å². The van der Waals surface area contributed by atoms with Crippen LogP contribution in [0.5, 0.6) is 0 Å². The minimum atomic E-state index is 0.0685. The summed E-state index contributed by atoms with van der Waals surface area (Å²) >= 11 is 1.53. The second kappa shape index (κ2) is 7.66. The number of rotatable bonds is 5. The quantitative estimate of drug-likeness (QED) is 0.790. The van der Waals surface area contributed by atoms with E-state index in [4.69, 9.17) is 4.74 Å². The van der Waals surface area contributed by atoms with Crippen LogP contribution in [0.4, 0.5) is 0 Å². The van der Waals surface area contributed by atoms with E-state index in [-0.39, 0.29) is 11.3 Å². The van der Waals surface area contributed by atoms with Gasteiger partial charge in [0.05, 0.1) is 23.9 Å². The number of nitrogens with zero attached hydrogens (tertiary/aromatic N) is 4. The molecular weight excluding hydrogens is 360 g/mol. The standard InChI is InChI=1S/C20H26N4O2S/c1-15-22-18(12-27-15)19(25)24-8-6-20(14-24)13-23(2)9-16(20)10-26-11-17-5-3-4-7-21-17/h3-5,7,12,16H,6,8-11,13-14H2,1-2H3/t16-,20-/m1/s1. The zero-order chi connectivity index (χ0) is 18.9. The van der Waals surface area contributed by atoms with E-state index >= 15 is 0 Å². The van der Waals surface area contributed by atoms with E-state index in [9.17, 15) is 4.79 Å². The van der Waals surface area contributed by atoms with Crippen LogP contribution < -0.4 is 0 Å². The molecule has 0 saturated carbocycles. The molecule has 0 aliphatic carbocycles. The van der Waals surface area contributed by atoms with Gasteiger partial charge in [-0.25, -0.2) is 4.98 Å². The van der Waals surface area contributed by atoms with E-state index in [1.807, 2.05) is 35.4 Å². The Labute approximate surface area is 164 Å². The molecule has 2 aliphatic rings. The zero-order valence-corrected chi connectivity index (χ0v) is 16.7. The Balaban J connectivity index is 1.39. The van der Waals surface area contributed by atoms with Gasteiger partial charge in [-0.15, -0.1) is 11.3 Å². The summed E-state index contributed by atoms with van der Waals surface area (Å²) in [5, 5.41) is 2.81. The van der Waals surface area contributed by atoms with Gasteiger partial charge in [-0.2, -0.15) is 0 Å². The predicted octanol–water partition coefficient (Wildman–Crippen LogP) is 2.46. The van der Waals surface area contributed by atoms with Gasteiger partial charge in [-0.1, -0.05) is 6.07 Å².